The molecule has 0 aromatic heterocycles. The van der Waals surface area contributed by atoms with Crippen molar-refractivity contribution in [3.63, 3.8) is 0 Å². The van der Waals surface area contributed by atoms with Gasteiger partial charge in [-0.15, -0.1) is 0 Å². The molecule has 1 atom stereocenters. The Morgan fingerprint density at radius 1 is 1.30 bits per heavy atom. The summed E-state index contributed by atoms with van der Waals surface area (Å²) in [5, 5.41) is 5.91. The summed E-state index contributed by atoms with van der Waals surface area (Å²) in [6.07, 6.45) is 6.26. The number of carbonyl (C=O) groups is 1. The summed E-state index contributed by atoms with van der Waals surface area (Å²) < 4.78 is 13.1. The Hall–Kier alpha value is -1.33. The average Bonchev–Trinajstić information content (AvgIpc) is 3.19. The minimum Gasteiger partial charge on any atom is -0.334 e. The van der Waals surface area contributed by atoms with E-state index in [0.29, 0.717) is 12.6 Å². The minimum atomic E-state index is -0.446. The highest BCUT2D eigenvalue weighted by Gasteiger charge is 2.30. The first-order valence-corrected chi connectivity index (χ1v) is 8.72. The number of urea groups is 1. The van der Waals surface area contributed by atoms with Crippen LogP contribution in [0.5, 0.6) is 0 Å². The summed E-state index contributed by atoms with van der Waals surface area (Å²) in [6.45, 7) is 2.36. The molecule has 1 aromatic rings. The summed E-state index contributed by atoms with van der Waals surface area (Å²) in [5.41, 5.74) is 0.783. The van der Waals surface area contributed by atoms with E-state index >= 15 is 0 Å². The molecule has 2 aliphatic rings. The predicted molar refractivity (Wildman–Crippen MR) is 89.0 cm³/mol. The van der Waals surface area contributed by atoms with E-state index in [1.54, 1.807) is 6.07 Å². The smallest absolute Gasteiger partial charge is 0.315 e. The van der Waals surface area contributed by atoms with Gasteiger partial charge in [-0.05, 0) is 37.0 Å². The molecule has 1 aliphatic heterocycles. The fourth-order valence-corrected chi connectivity index (χ4v) is 3.78. The van der Waals surface area contributed by atoms with E-state index in [2.05, 4.69) is 15.5 Å². The van der Waals surface area contributed by atoms with Gasteiger partial charge in [0.2, 0.25) is 0 Å². The standard InChI is InChI=1S/C17H23ClFN3O/c18-15-9-12(5-6-16(15)19)10-20-17(23)21-13-7-8-22(11-13)14-3-1-2-4-14/h5-6,9,13-14H,1-4,7-8,10-11H2,(H2,20,21,23). The van der Waals surface area contributed by atoms with Gasteiger partial charge in [-0.25, -0.2) is 9.18 Å². The van der Waals surface area contributed by atoms with Gasteiger partial charge in [0, 0.05) is 31.7 Å². The lowest BCUT2D eigenvalue weighted by Gasteiger charge is -2.23. The van der Waals surface area contributed by atoms with E-state index < -0.39 is 5.82 Å². The summed E-state index contributed by atoms with van der Waals surface area (Å²) >= 11 is 5.74. The summed E-state index contributed by atoms with van der Waals surface area (Å²) in [6, 6.07) is 5.23. The second-order valence-electron chi connectivity index (χ2n) is 6.49. The molecule has 0 radical (unpaired) electrons. The molecule has 1 heterocycles. The highest BCUT2D eigenvalue weighted by Crippen LogP contribution is 2.26. The molecule has 1 aliphatic carbocycles. The maximum absolute atomic E-state index is 13.1. The molecule has 2 N–H and O–H groups in total. The van der Waals surface area contributed by atoms with E-state index in [-0.39, 0.29) is 17.1 Å². The Balaban J connectivity index is 1.42. The normalized spacial score (nSPS) is 22.4. The Bertz CT molecular complexity index is 563. The molecule has 23 heavy (non-hydrogen) atoms. The highest BCUT2D eigenvalue weighted by molar-refractivity contribution is 6.30. The van der Waals surface area contributed by atoms with Crippen LogP contribution in [0, 0.1) is 5.82 Å². The van der Waals surface area contributed by atoms with Crippen LogP contribution in [0.4, 0.5) is 9.18 Å². The van der Waals surface area contributed by atoms with Crippen LogP contribution in [0.3, 0.4) is 0 Å². The molecule has 2 fully saturated rings. The van der Waals surface area contributed by atoms with Gasteiger partial charge in [0.25, 0.3) is 0 Å². The predicted octanol–water partition coefficient (Wildman–Crippen LogP) is 3.30. The van der Waals surface area contributed by atoms with Crippen LogP contribution in [0.1, 0.15) is 37.7 Å². The number of amides is 2. The molecule has 1 unspecified atom stereocenters. The molecule has 126 valence electrons. The van der Waals surface area contributed by atoms with Crippen molar-refractivity contribution in [1.29, 1.82) is 0 Å². The molecule has 4 nitrogen and oxygen atoms in total. The maximum Gasteiger partial charge on any atom is 0.315 e. The number of nitrogens with one attached hydrogen (secondary N) is 2. The number of benzene rings is 1. The fourth-order valence-electron chi connectivity index (χ4n) is 3.57. The van der Waals surface area contributed by atoms with Gasteiger partial charge < -0.3 is 10.6 Å². The lowest BCUT2D eigenvalue weighted by Crippen LogP contribution is -2.43. The molecule has 0 spiro atoms. The first kappa shape index (κ1) is 16.5. The van der Waals surface area contributed by atoms with Gasteiger partial charge in [-0.2, -0.15) is 0 Å². The van der Waals surface area contributed by atoms with Crippen molar-refractivity contribution in [1.82, 2.24) is 15.5 Å². The zero-order valence-corrected chi connectivity index (χ0v) is 13.9. The molecular formula is C17H23ClFN3O. The Morgan fingerprint density at radius 2 is 2.09 bits per heavy atom. The third-order valence-electron chi connectivity index (χ3n) is 4.83. The SMILES string of the molecule is O=C(NCc1ccc(F)c(Cl)c1)NC1CCN(C2CCCC2)C1. The molecule has 2 amide bonds. The van der Waals surface area contributed by atoms with Gasteiger partial charge in [0.1, 0.15) is 5.82 Å². The Morgan fingerprint density at radius 3 is 2.83 bits per heavy atom. The van der Waals surface area contributed by atoms with Crippen molar-refractivity contribution >= 4 is 17.6 Å². The lowest BCUT2D eigenvalue weighted by atomic mass is 10.2. The van der Waals surface area contributed by atoms with Crippen LogP contribution in [0.25, 0.3) is 0 Å². The summed E-state index contributed by atoms with van der Waals surface area (Å²) in [4.78, 5) is 14.5. The molecular weight excluding hydrogens is 317 g/mol. The Kier molecular flexibility index (Phi) is 5.38. The number of hydrogen-bond acceptors (Lipinski definition) is 2. The molecule has 1 saturated heterocycles. The fraction of sp³-hybridized carbons (Fsp3) is 0.588. The topological polar surface area (TPSA) is 44.4 Å². The number of nitrogens with zero attached hydrogens (tertiary/aromatic N) is 1. The molecule has 1 aromatic carbocycles. The minimum absolute atomic E-state index is 0.0766. The summed E-state index contributed by atoms with van der Waals surface area (Å²) in [7, 11) is 0. The number of halogens is 2. The van der Waals surface area contributed by atoms with Crippen LogP contribution in [0.15, 0.2) is 18.2 Å². The zero-order chi connectivity index (χ0) is 16.2. The van der Waals surface area contributed by atoms with E-state index in [9.17, 15) is 9.18 Å². The number of rotatable bonds is 4. The van der Waals surface area contributed by atoms with Crippen molar-refractivity contribution in [3.8, 4) is 0 Å². The van der Waals surface area contributed by atoms with Crippen LogP contribution in [-0.4, -0.2) is 36.1 Å². The quantitative estimate of drug-likeness (QED) is 0.884. The van der Waals surface area contributed by atoms with Gasteiger partial charge in [0.05, 0.1) is 5.02 Å². The van der Waals surface area contributed by atoms with Crippen molar-refractivity contribution in [2.75, 3.05) is 13.1 Å². The van der Waals surface area contributed by atoms with Crippen molar-refractivity contribution in [3.05, 3.63) is 34.6 Å². The first-order valence-electron chi connectivity index (χ1n) is 8.34. The zero-order valence-electron chi connectivity index (χ0n) is 13.2. The van der Waals surface area contributed by atoms with Gasteiger partial charge in [-0.3, -0.25) is 4.90 Å². The second kappa shape index (κ2) is 7.49. The third-order valence-corrected chi connectivity index (χ3v) is 5.12. The van der Waals surface area contributed by atoms with E-state index in [0.717, 1.165) is 25.1 Å². The van der Waals surface area contributed by atoms with Crippen LogP contribution in [0.2, 0.25) is 5.02 Å². The van der Waals surface area contributed by atoms with Crippen molar-refractivity contribution in [2.24, 2.45) is 0 Å². The Labute approximate surface area is 141 Å². The average molecular weight is 340 g/mol. The monoisotopic (exact) mass is 339 g/mol. The van der Waals surface area contributed by atoms with Crippen molar-refractivity contribution < 1.29 is 9.18 Å². The molecule has 1 saturated carbocycles. The largest absolute Gasteiger partial charge is 0.334 e. The van der Waals surface area contributed by atoms with E-state index in [1.807, 2.05) is 0 Å². The highest BCUT2D eigenvalue weighted by atomic mass is 35.5. The van der Waals surface area contributed by atoms with E-state index in [4.69, 9.17) is 11.6 Å². The van der Waals surface area contributed by atoms with Crippen LogP contribution >= 0.6 is 11.6 Å². The van der Waals surface area contributed by atoms with Gasteiger partial charge >= 0.3 is 6.03 Å². The number of hydrogen-bond donors (Lipinski definition) is 2. The third kappa shape index (κ3) is 4.36. The molecule has 6 heteroatoms. The van der Waals surface area contributed by atoms with Gasteiger partial charge in [-0.1, -0.05) is 30.5 Å². The molecule has 3 rings (SSSR count). The van der Waals surface area contributed by atoms with Crippen LogP contribution in [-0.2, 0) is 6.54 Å². The summed E-state index contributed by atoms with van der Waals surface area (Å²) in [5.74, 6) is -0.446. The number of likely N-dealkylation sites (tertiary alicyclic amines) is 1. The first-order chi connectivity index (χ1) is 11.1. The second-order valence-corrected chi connectivity index (χ2v) is 6.90. The van der Waals surface area contributed by atoms with E-state index in [1.165, 1.54) is 37.8 Å². The van der Waals surface area contributed by atoms with Crippen molar-refractivity contribution in [2.45, 2.75) is 50.7 Å². The lowest BCUT2D eigenvalue weighted by molar-refractivity contribution is 0.227. The number of carbonyl (C=O) groups excluding carboxylic acids is 1. The van der Waals surface area contributed by atoms with Crippen LogP contribution < -0.4 is 10.6 Å². The maximum atomic E-state index is 13.1. The van der Waals surface area contributed by atoms with Gasteiger partial charge in [0.15, 0.2) is 0 Å². The molecule has 0 bridgehead atoms.